The summed E-state index contributed by atoms with van der Waals surface area (Å²) in [5, 5.41) is 18.3. The number of piperidine rings is 1. The van der Waals surface area contributed by atoms with Gasteiger partial charge in [-0.25, -0.2) is 4.39 Å². The first kappa shape index (κ1) is 14.5. The van der Waals surface area contributed by atoms with Gasteiger partial charge in [-0.2, -0.15) is 5.26 Å². The number of likely N-dealkylation sites (tertiary alicyclic amines) is 1. The number of rotatable bonds is 3. The lowest BCUT2D eigenvalue weighted by Crippen LogP contribution is -2.38. The molecule has 0 radical (unpaired) electrons. The average Bonchev–Trinajstić information content (AvgIpc) is 2.44. The van der Waals surface area contributed by atoms with E-state index in [2.05, 4.69) is 6.07 Å². The summed E-state index contributed by atoms with van der Waals surface area (Å²) in [6, 6.07) is 6.48. The molecule has 1 N–H and O–H groups in total. The summed E-state index contributed by atoms with van der Waals surface area (Å²) in [4.78, 5) is 12.9. The minimum atomic E-state index is -0.768. The molecule has 106 valence electrons. The Balaban J connectivity index is 2.12. The second-order valence-electron chi connectivity index (χ2n) is 5.19. The third-order valence-electron chi connectivity index (χ3n) is 3.86. The molecule has 0 saturated carbocycles. The highest BCUT2D eigenvalue weighted by Gasteiger charge is 2.29. The van der Waals surface area contributed by atoms with Crippen LogP contribution in [0, 0.1) is 30.0 Å². The van der Waals surface area contributed by atoms with Crippen LogP contribution in [0.3, 0.4) is 0 Å². The fourth-order valence-electron chi connectivity index (χ4n) is 2.61. The van der Waals surface area contributed by atoms with E-state index in [9.17, 15) is 14.4 Å². The van der Waals surface area contributed by atoms with Gasteiger partial charge in [-0.15, -0.1) is 0 Å². The lowest BCUT2D eigenvalue weighted by Gasteiger charge is -2.33. The maximum Gasteiger partial charge on any atom is 0.306 e. The molecule has 1 heterocycles. The number of carboxylic acids is 1. The van der Waals surface area contributed by atoms with Crippen molar-refractivity contribution in [3.8, 4) is 6.07 Å². The molecule has 4 nitrogen and oxygen atoms in total. The van der Waals surface area contributed by atoms with Crippen molar-refractivity contribution in [2.75, 3.05) is 13.1 Å². The number of carboxylic acid groups (broad SMARTS) is 1. The largest absolute Gasteiger partial charge is 0.481 e. The first-order valence-corrected chi connectivity index (χ1v) is 6.65. The number of aliphatic carboxylic acids is 1. The Morgan fingerprint density at radius 3 is 2.65 bits per heavy atom. The van der Waals surface area contributed by atoms with Crippen LogP contribution in [0.4, 0.5) is 4.39 Å². The number of benzene rings is 1. The van der Waals surface area contributed by atoms with Gasteiger partial charge in [0.25, 0.3) is 0 Å². The zero-order valence-electron chi connectivity index (χ0n) is 11.3. The summed E-state index contributed by atoms with van der Waals surface area (Å²) in [5.41, 5.74) is 1.28. The molecule has 1 aromatic carbocycles. The summed E-state index contributed by atoms with van der Waals surface area (Å²) in [6.45, 7) is 2.82. The maximum absolute atomic E-state index is 13.3. The van der Waals surface area contributed by atoms with Gasteiger partial charge in [0.05, 0.1) is 12.0 Å². The molecule has 1 aliphatic heterocycles. The SMILES string of the molecule is Cc1cc(C(C#N)N2CCC(C(=O)O)CC2)ccc1F. The van der Waals surface area contributed by atoms with Crippen molar-refractivity contribution in [3.63, 3.8) is 0 Å². The normalized spacial score (nSPS) is 18.4. The topological polar surface area (TPSA) is 64.3 Å². The second kappa shape index (κ2) is 6.02. The highest BCUT2D eigenvalue weighted by Crippen LogP contribution is 2.27. The molecule has 0 spiro atoms. The maximum atomic E-state index is 13.3. The van der Waals surface area contributed by atoms with Crippen LogP contribution in [-0.2, 0) is 4.79 Å². The third-order valence-corrected chi connectivity index (χ3v) is 3.86. The highest BCUT2D eigenvalue weighted by molar-refractivity contribution is 5.70. The van der Waals surface area contributed by atoms with Crippen LogP contribution < -0.4 is 0 Å². The monoisotopic (exact) mass is 276 g/mol. The summed E-state index contributed by atoms with van der Waals surface area (Å²) >= 11 is 0. The van der Waals surface area contributed by atoms with E-state index >= 15 is 0 Å². The lowest BCUT2D eigenvalue weighted by atomic mass is 9.94. The Morgan fingerprint density at radius 1 is 1.50 bits per heavy atom. The van der Waals surface area contributed by atoms with Crippen molar-refractivity contribution in [1.82, 2.24) is 4.90 Å². The van der Waals surface area contributed by atoms with Crippen LogP contribution in [-0.4, -0.2) is 29.1 Å². The zero-order chi connectivity index (χ0) is 14.7. The Morgan fingerprint density at radius 2 is 2.15 bits per heavy atom. The third kappa shape index (κ3) is 2.97. The first-order chi connectivity index (χ1) is 9.52. The van der Waals surface area contributed by atoms with Crippen molar-refractivity contribution < 1.29 is 14.3 Å². The van der Waals surface area contributed by atoms with E-state index in [1.165, 1.54) is 6.07 Å². The quantitative estimate of drug-likeness (QED) is 0.921. The number of hydrogen-bond acceptors (Lipinski definition) is 3. The van der Waals surface area contributed by atoms with Gasteiger partial charge in [-0.05, 0) is 37.0 Å². The van der Waals surface area contributed by atoms with Crippen LogP contribution >= 0.6 is 0 Å². The molecule has 0 aromatic heterocycles. The summed E-state index contributed by atoms with van der Waals surface area (Å²) in [5.74, 6) is -1.37. The molecule has 1 aliphatic rings. The van der Waals surface area contributed by atoms with E-state index in [1.807, 2.05) is 4.90 Å². The van der Waals surface area contributed by atoms with Crippen molar-refractivity contribution in [2.24, 2.45) is 5.92 Å². The Bertz CT molecular complexity index is 545. The Kier molecular flexibility index (Phi) is 4.35. The predicted octanol–water partition coefficient (Wildman–Crippen LogP) is 2.50. The molecule has 0 amide bonds. The zero-order valence-corrected chi connectivity index (χ0v) is 11.3. The number of nitriles is 1. The Labute approximate surface area is 117 Å². The molecular formula is C15H17FN2O2. The van der Waals surface area contributed by atoms with Crippen molar-refractivity contribution >= 4 is 5.97 Å². The minimum absolute atomic E-state index is 0.282. The number of halogens is 1. The number of aryl methyl sites for hydroxylation is 1. The van der Waals surface area contributed by atoms with Gasteiger partial charge in [0.1, 0.15) is 11.9 Å². The van der Waals surface area contributed by atoms with Crippen LogP contribution in [0.1, 0.15) is 30.0 Å². The lowest BCUT2D eigenvalue weighted by molar-refractivity contribution is -0.143. The smallest absolute Gasteiger partial charge is 0.306 e. The van der Waals surface area contributed by atoms with Gasteiger partial charge in [0.15, 0.2) is 0 Å². The van der Waals surface area contributed by atoms with Gasteiger partial charge in [-0.3, -0.25) is 9.69 Å². The molecule has 1 fully saturated rings. The van der Waals surface area contributed by atoms with Crippen LogP contribution in [0.5, 0.6) is 0 Å². The van der Waals surface area contributed by atoms with E-state index in [4.69, 9.17) is 5.11 Å². The summed E-state index contributed by atoms with van der Waals surface area (Å²) < 4.78 is 13.3. The average molecular weight is 276 g/mol. The molecule has 5 heteroatoms. The van der Waals surface area contributed by atoms with E-state index < -0.39 is 12.0 Å². The van der Waals surface area contributed by atoms with Crippen molar-refractivity contribution in [1.29, 1.82) is 5.26 Å². The highest BCUT2D eigenvalue weighted by atomic mass is 19.1. The minimum Gasteiger partial charge on any atom is -0.481 e. The van der Waals surface area contributed by atoms with Crippen molar-refractivity contribution in [3.05, 3.63) is 35.1 Å². The fraction of sp³-hybridized carbons (Fsp3) is 0.467. The number of carbonyl (C=O) groups is 1. The first-order valence-electron chi connectivity index (χ1n) is 6.65. The number of nitrogens with zero attached hydrogens (tertiary/aromatic N) is 2. The predicted molar refractivity (Wildman–Crippen MR) is 71.4 cm³/mol. The van der Waals surface area contributed by atoms with Gasteiger partial charge in [0.2, 0.25) is 0 Å². The van der Waals surface area contributed by atoms with Crippen LogP contribution in [0.15, 0.2) is 18.2 Å². The van der Waals surface area contributed by atoms with E-state index in [1.54, 1.807) is 19.1 Å². The van der Waals surface area contributed by atoms with E-state index in [0.29, 0.717) is 31.5 Å². The second-order valence-corrected chi connectivity index (χ2v) is 5.19. The molecule has 1 atom stereocenters. The van der Waals surface area contributed by atoms with Crippen molar-refractivity contribution in [2.45, 2.75) is 25.8 Å². The number of hydrogen-bond donors (Lipinski definition) is 1. The summed E-state index contributed by atoms with van der Waals surface area (Å²) in [7, 11) is 0. The molecule has 2 rings (SSSR count). The van der Waals surface area contributed by atoms with Gasteiger partial charge >= 0.3 is 5.97 Å². The van der Waals surface area contributed by atoms with Gasteiger partial charge < -0.3 is 5.11 Å². The Hall–Kier alpha value is -1.93. The molecule has 20 heavy (non-hydrogen) atoms. The standard InChI is InChI=1S/C15H17FN2O2/c1-10-8-12(2-3-13(10)16)14(9-17)18-6-4-11(5-7-18)15(19)20/h2-3,8,11,14H,4-7H2,1H3,(H,19,20). The van der Waals surface area contributed by atoms with E-state index in [-0.39, 0.29) is 11.7 Å². The fourth-order valence-corrected chi connectivity index (χ4v) is 2.61. The van der Waals surface area contributed by atoms with Crippen LogP contribution in [0.2, 0.25) is 0 Å². The van der Waals surface area contributed by atoms with E-state index in [0.717, 1.165) is 5.56 Å². The molecular weight excluding hydrogens is 259 g/mol. The molecule has 0 aliphatic carbocycles. The summed E-state index contributed by atoms with van der Waals surface area (Å²) in [6.07, 6.45) is 1.10. The molecule has 1 unspecified atom stereocenters. The molecule has 1 aromatic rings. The van der Waals surface area contributed by atoms with Gasteiger partial charge in [0, 0.05) is 13.1 Å². The van der Waals surface area contributed by atoms with Crippen LogP contribution in [0.25, 0.3) is 0 Å². The molecule has 0 bridgehead atoms. The molecule has 1 saturated heterocycles. The van der Waals surface area contributed by atoms with Gasteiger partial charge in [-0.1, -0.05) is 12.1 Å².